The second kappa shape index (κ2) is 4.83. The summed E-state index contributed by atoms with van der Waals surface area (Å²) in [5, 5.41) is 0.656. The van der Waals surface area contributed by atoms with Gasteiger partial charge in [-0.1, -0.05) is 48.1 Å². The van der Waals surface area contributed by atoms with Crippen LogP contribution in [0.5, 0.6) is 0 Å². The van der Waals surface area contributed by atoms with E-state index in [-0.39, 0.29) is 0 Å². The highest BCUT2D eigenvalue weighted by Crippen LogP contribution is 2.31. The lowest BCUT2D eigenvalue weighted by Crippen LogP contribution is -2.20. The van der Waals surface area contributed by atoms with Gasteiger partial charge in [-0.25, -0.2) is 0 Å². The van der Waals surface area contributed by atoms with E-state index in [9.17, 15) is 0 Å². The maximum atomic E-state index is 6.02. The number of nitrogens with two attached hydrogens (primary N) is 1. The predicted octanol–water partition coefficient (Wildman–Crippen LogP) is 3.49. The summed E-state index contributed by atoms with van der Waals surface area (Å²) in [6, 6.07) is 14.2. The SMILES string of the molecule is NC(=S)c1cc(Cl)ccc1N1Cc2ccccc2C1. The van der Waals surface area contributed by atoms with Gasteiger partial charge in [0.15, 0.2) is 0 Å². The van der Waals surface area contributed by atoms with Crippen molar-refractivity contribution in [2.45, 2.75) is 13.1 Å². The fourth-order valence-corrected chi connectivity index (χ4v) is 2.82. The summed E-state index contributed by atoms with van der Waals surface area (Å²) >= 11 is 11.1. The first-order valence-corrected chi connectivity index (χ1v) is 6.85. The monoisotopic (exact) mass is 288 g/mol. The Labute approximate surface area is 122 Å². The van der Waals surface area contributed by atoms with Crippen molar-refractivity contribution in [1.82, 2.24) is 0 Å². The molecule has 0 saturated carbocycles. The zero-order valence-corrected chi connectivity index (χ0v) is 11.8. The molecule has 1 aliphatic heterocycles. The minimum absolute atomic E-state index is 0.383. The van der Waals surface area contributed by atoms with Gasteiger partial charge in [0.1, 0.15) is 4.99 Å². The number of fused-ring (bicyclic) bond motifs is 1. The lowest BCUT2D eigenvalue weighted by molar-refractivity contribution is 0.879. The second-order valence-electron chi connectivity index (χ2n) is 4.65. The standard InChI is InChI=1S/C15H13ClN2S/c16-12-5-6-14(13(7-12)15(17)19)18-8-10-3-1-2-4-11(10)9-18/h1-7H,8-9H2,(H2,17,19). The molecular formula is C15H13ClN2S. The number of rotatable bonds is 2. The third kappa shape index (κ3) is 2.31. The fourth-order valence-electron chi connectivity index (χ4n) is 2.48. The van der Waals surface area contributed by atoms with Gasteiger partial charge in [-0.2, -0.15) is 0 Å². The van der Waals surface area contributed by atoms with Crippen LogP contribution in [0.15, 0.2) is 42.5 Å². The van der Waals surface area contributed by atoms with Gasteiger partial charge in [-0.05, 0) is 29.3 Å². The van der Waals surface area contributed by atoms with Gasteiger partial charge >= 0.3 is 0 Å². The first kappa shape index (κ1) is 12.5. The molecular weight excluding hydrogens is 276 g/mol. The van der Waals surface area contributed by atoms with Crippen molar-refractivity contribution in [3.8, 4) is 0 Å². The van der Waals surface area contributed by atoms with Crippen LogP contribution >= 0.6 is 23.8 Å². The summed E-state index contributed by atoms with van der Waals surface area (Å²) in [5.74, 6) is 0. The molecule has 0 amide bonds. The average Bonchev–Trinajstić information content (AvgIpc) is 2.82. The molecule has 1 aliphatic rings. The van der Waals surface area contributed by atoms with Crippen molar-refractivity contribution in [2.75, 3.05) is 4.90 Å². The van der Waals surface area contributed by atoms with Crippen molar-refractivity contribution in [3.05, 3.63) is 64.2 Å². The van der Waals surface area contributed by atoms with Crippen molar-refractivity contribution in [2.24, 2.45) is 5.73 Å². The van der Waals surface area contributed by atoms with Crippen LogP contribution in [-0.2, 0) is 13.1 Å². The van der Waals surface area contributed by atoms with E-state index < -0.39 is 0 Å². The van der Waals surface area contributed by atoms with Crippen molar-refractivity contribution in [1.29, 1.82) is 0 Å². The Hall–Kier alpha value is -1.58. The van der Waals surface area contributed by atoms with Crippen molar-refractivity contribution < 1.29 is 0 Å². The summed E-state index contributed by atoms with van der Waals surface area (Å²) in [4.78, 5) is 2.66. The molecule has 0 aliphatic carbocycles. The van der Waals surface area contributed by atoms with E-state index in [0.717, 1.165) is 24.3 Å². The molecule has 0 atom stereocenters. The molecule has 2 aromatic carbocycles. The van der Waals surface area contributed by atoms with Crippen LogP contribution in [0.2, 0.25) is 5.02 Å². The molecule has 1 heterocycles. The lowest BCUT2D eigenvalue weighted by Gasteiger charge is -2.21. The smallest absolute Gasteiger partial charge is 0.106 e. The highest BCUT2D eigenvalue weighted by Gasteiger charge is 2.21. The maximum absolute atomic E-state index is 6.02. The average molecular weight is 289 g/mol. The molecule has 0 fully saturated rings. The van der Waals surface area contributed by atoms with Crippen LogP contribution in [0.25, 0.3) is 0 Å². The molecule has 0 bridgehead atoms. The number of anilines is 1. The molecule has 96 valence electrons. The van der Waals surface area contributed by atoms with Gasteiger partial charge in [0.05, 0.1) is 0 Å². The second-order valence-corrected chi connectivity index (χ2v) is 5.53. The lowest BCUT2D eigenvalue weighted by atomic mass is 10.1. The van der Waals surface area contributed by atoms with Crippen molar-refractivity contribution >= 4 is 34.5 Å². The van der Waals surface area contributed by atoms with Gasteiger partial charge in [-0.15, -0.1) is 0 Å². The molecule has 2 N–H and O–H groups in total. The maximum Gasteiger partial charge on any atom is 0.106 e. The summed E-state index contributed by atoms with van der Waals surface area (Å²) in [6.45, 7) is 1.76. The molecule has 0 unspecified atom stereocenters. The Bertz CT molecular complexity index is 629. The molecule has 0 saturated heterocycles. The highest BCUT2D eigenvalue weighted by molar-refractivity contribution is 7.80. The molecule has 0 aromatic heterocycles. The van der Waals surface area contributed by atoms with Crippen LogP contribution in [0.1, 0.15) is 16.7 Å². The predicted molar refractivity (Wildman–Crippen MR) is 83.7 cm³/mol. The Morgan fingerprint density at radius 1 is 1.11 bits per heavy atom. The summed E-state index contributed by atoms with van der Waals surface area (Å²) in [6.07, 6.45) is 0. The number of hydrogen-bond donors (Lipinski definition) is 1. The van der Waals surface area contributed by atoms with E-state index in [4.69, 9.17) is 29.6 Å². The Kier molecular flexibility index (Phi) is 3.17. The van der Waals surface area contributed by atoms with Crippen LogP contribution < -0.4 is 10.6 Å². The van der Waals surface area contributed by atoms with E-state index in [1.54, 1.807) is 0 Å². The number of benzene rings is 2. The van der Waals surface area contributed by atoms with Crippen molar-refractivity contribution in [3.63, 3.8) is 0 Å². The largest absolute Gasteiger partial charge is 0.389 e. The van der Waals surface area contributed by atoms with E-state index in [1.165, 1.54) is 11.1 Å². The first-order chi connectivity index (χ1) is 9.15. The zero-order valence-electron chi connectivity index (χ0n) is 10.3. The number of nitrogens with zero attached hydrogens (tertiary/aromatic N) is 1. The van der Waals surface area contributed by atoms with Gasteiger partial charge in [0.25, 0.3) is 0 Å². The van der Waals surface area contributed by atoms with Gasteiger partial charge in [-0.3, -0.25) is 0 Å². The van der Waals surface area contributed by atoms with E-state index in [2.05, 4.69) is 29.2 Å². The third-order valence-electron chi connectivity index (χ3n) is 3.41. The zero-order chi connectivity index (χ0) is 13.4. The van der Waals surface area contributed by atoms with Crippen LogP contribution in [0.3, 0.4) is 0 Å². The molecule has 0 radical (unpaired) electrons. The Balaban J connectivity index is 1.99. The van der Waals surface area contributed by atoms with Crippen LogP contribution in [0.4, 0.5) is 5.69 Å². The molecule has 4 heteroatoms. The van der Waals surface area contributed by atoms with Crippen LogP contribution in [-0.4, -0.2) is 4.99 Å². The molecule has 2 nitrogen and oxygen atoms in total. The Morgan fingerprint density at radius 3 is 2.32 bits per heavy atom. The summed E-state index contributed by atoms with van der Waals surface area (Å²) < 4.78 is 0. The first-order valence-electron chi connectivity index (χ1n) is 6.06. The van der Waals surface area contributed by atoms with Gasteiger partial charge < -0.3 is 10.6 Å². The molecule has 19 heavy (non-hydrogen) atoms. The Morgan fingerprint density at radius 2 is 1.74 bits per heavy atom. The highest BCUT2D eigenvalue weighted by atomic mass is 35.5. The van der Waals surface area contributed by atoms with Crippen LogP contribution in [0, 0.1) is 0 Å². The minimum Gasteiger partial charge on any atom is -0.389 e. The van der Waals surface area contributed by atoms with E-state index >= 15 is 0 Å². The molecule has 3 rings (SSSR count). The van der Waals surface area contributed by atoms with Gasteiger partial charge in [0.2, 0.25) is 0 Å². The molecule has 0 spiro atoms. The minimum atomic E-state index is 0.383. The normalized spacial score (nSPS) is 13.4. The summed E-state index contributed by atoms with van der Waals surface area (Å²) in [5.41, 5.74) is 10.4. The quantitative estimate of drug-likeness (QED) is 0.858. The van der Waals surface area contributed by atoms with E-state index in [1.807, 2.05) is 18.2 Å². The third-order valence-corrected chi connectivity index (χ3v) is 3.86. The van der Waals surface area contributed by atoms with E-state index in [0.29, 0.717) is 10.0 Å². The molecule has 2 aromatic rings. The summed E-state index contributed by atoms with van der Waals surface area (Å²) in [7, 11) is 0. The topological polar surface area (TPSA) is 29.3 Å². The number of hydrogen-bond acceptors (Lipinski definition) is 2. The van der Waals surface area contributed by atoms with Gasteiger partial charge in [0, 0.05) is 29.4 Å². The number of halogens is 1. The number of thiocarbonyl (C=S) groups is 1. The fraction of sp³-hybridized carbons (Fsp3) is 0.133.